The van der Waals surface area contributed by atoms with Gasteiger partial charge in [-0.1, -0.05) is 6.92 Å². The van der Waals surface area contributed by atoms with Gasteiger partial charge >= 0.3 is 5.97 Å². The molecule has 0 amide bonds. The van der Waals surface area contributed by atoms with E-state index in [0.717, 1.165) is 0 Å². The van der Waals surface area contributed by atoms with Crippen molar-refractivity contribution in [2.24, 2.45) is 5.92 Å². The largest absolute Gasteiger partial charge is 0.479 e. The number of hydrogen-bond acceptors (Lipinski definition) is 5. The zero-order chi connectivity index (χ0) is 10.2. The summed E-state index contributed by atoms with van der Waals surface area (Å²) in [6.45, 7) is 1.45. The van der Waals surface area contributed by atoms with Crippen LogP contribution < -0.4 is 0 Å². The van der Waals surface area contributed by atoms with Crippen molar-refractivity contribution >= 4 is 5.97 Å². The average Bonchev–Trinajstić information content (AvgIpc) is 2.07. The van der Waals surface area contributed by atoms with Gasteiger partial charge in [-0.3, -0.25) is 0 Å². The van der Waals surface area contributed by atoms with Crippen molar-refractivity contribution in [3.8, 4) is 0 Å². The Balaban J connectivity index is 0.00000169. The molecule has 0 unspecified atom stereocenters. The lowest BCUT2D eigenvalue weighted by Gasteiger charge is -2.37. The van der Waals surface area contributed by atoms with Gasteiger partial charge in [-0.15, -0.1) is 0 Å². The van der Waals surface area contributed by atoms with Gasteiger partial charge in [-0.2, -0.15) is 0 Å². The molecule has 0 aliphatic carbocycles. The smallest absolute Gasteiger partial charge is 0.335 e. The van der Waals surface area contributed by atoms with E-state index in [-0.39, 0.29) is 1.43 Å². The first-order chi connectivity index (χ1) is 5.95. The predicted octanol–water partition coefficient (Wildman–Crippen LogP) is -1.61. The Morgan fingerprint density at radius 3 is 2.31 bits per heavy atom. The Bertz CT molecular complexity index is 210. The highest BCUT2D eigenvalue weighted by atomic mass is 16.6. The van der Waals surface area contributed by atoms with E-state index in [4.69, 9.17) is 10.2 Å². The summed E-state index contributed by atoms with van der Waals surface area (Å²) in [5, 5.41) is 36.2. The molecule has 0 bridgehead atoms. The molecule has 6 nitrogen and oxygen atoms in total. The molecule has 1 rings (SSSR count). The first-order valence-electron chi connectivity index (χ1n) is 3.87. The van der Waals surface area contributed by atoms with Crippen molar-refractivity contribution in [2.75, 3.05) is 0 Å². The van der Waals surface area contributed by atoms with Crippen LogP contribution in [0, 0.1) is 5.92 Å². The van der Waals surface area contributed by atoms with Gasteiger partial charge in [-0.25, -0.2) is 4.79 Å². The molecule has 5 atom stereocenters. The van der Waals surface area contributed by atoms with Crippen LogP contribution in [0.5, 0.6) is 0 Å². The quantitative estimate of drug-likeness (QED) is 0.400. The van der Waals surface area contributed by atoms with Gasteiger partial charge in [0.15, 0.2) is 12.4 Å². The summed E-state index contributed by atoms with van der Waals surface area (Å²) in [6, 6.07) is 0. The molecule has 0 aromatic rings. The summed E-state index contributed by atoms with van der Waals surface area (Å²) in [5.74, 6) is -2.11. The number of carbonyl (C=O) groups is 1. The van der Waals surface area contributed by atoms with Crippen molar-refractivity contribution in [3.63, 3.8) is 0 Å². The van der Waals surface area contributed by atoms with Crippen molar-refractivity contribution in [2.45, 2.75) is 31.5 Å². The van der Waals surface area contributed by atoms with Crippen LogP contribution in [0.2, 0.25) is 0 Å². The molecule has 1 fully saturated rings. The number of hydrogen-bond donors (Lipinski definition) is 4. The minimum atomic E-state index is -1.57. The highest BCUT2D eigenvalue weighted by Gasteiger charge is 2.44. The van der Waals surface area contributed by atoms with Gasteiger partial charge in [0.2, 0.25) is 0 Å². The zero-order valence-corrected chi connectivity index (χ0v) is 6.99. The maximum Gasteiger partial charge on any atom is 0.335 e. The minimum Gasteiger partial charge on any atom is -0.479 e. The van der Waals surface area contributed by atoms with Gasteiger partial charge in [0.25, 0.3) is 0 Å². The van der Waals surface area contributed by atoms with Crippen molar-refractivity contribution in [1.82, 2.24) is 0 Å². The van der Waals surface area contributed by atoms with E-state index < -0.39 is 36.5 Å². The van der Waals surface area contributed by atoms with Gasteiger partial charge in [0.1, 0.15) is 6.10 Å². The van der Waals surface area contributed by atoms with Crippen molar-refractivity contribution in [1.29, 1.82) is 0 Å². The topological polar surface area (TPSA) is 107 Å². The molecule has 1 heterocycles. The molecule has 13 heavy (non-hydrogen) atoms. The molecule has 78 valence electrons. The van der Waals surface area contributed by atoms with Gasteiger partial charge in [-0.05, 0) is 0 Å². The fourth-order valence-corrected chi connectivity index (χ4v) is 1.22. The van der Waals surface area contributed by atoms with E-state index in [0.29, 0.717) is 0 Å². The molecule has 1 aliphatic heterocycles. The summed E-state index contributed by atoms with van der Waals surface area (Å²) in [7, 11) is 0. The van der Waals surface area contributed by atoms with E-state index in [2.05, 4.69) is 4.74 Å². The van der Waals surface area contributed by atoms with Gasteiger partial charge in [0.05, 0.1) is 6.10 Å². The molecule has 0 saturated carbocycles. The third kappa shape index (κ3) is 1.80. The average molecular weight is 194 g/mol. The Morgan fingerprint density at radius 1 is 1.31 bits per heavy atom. The molecule has 1 saturated heterocycles. The Labute approximate surface area is 75.9 Å². The Morgan fingerprint density at radius 2 is 1.85 bits per heavy atom. The molecule has 0 spiro atoms. The third-order valence-electron chi connectivity index (χ3n) is 2.18. The van der Waals surface area contributed by atoms with Crippen LogP contribution in [0.4, 0.5) is 0 Å². The molecule has 0 aromatic carbocycles. The third-order valence-corrected chi connectivity index (χ3v) is 2.18. The summed E-state index contributed by atoms with van der Waals surface area (Å²) in [5.41, 5.74) is 0. The lowest BCUT2D eigenvalue weighted by Crippen LogP contribution is -2.56. The first kappa shape index (κ1) is 10.4. The van der Waals surface area contributed by atoms with Gasteiger partial charge < -0.3 is 25.2 Å². The molecular weight excluding hydrogens is 180 g/mol. The number of carboxylic acid groups (broad SMARTS) is 1. The monoisotopic (exact) mass is 194 g/mol. The van der Waals surface area contributed by atoms with E-state index in [1.165, 1.54) is 6.92 Å². The van der Waals surface area contributed by atoms with Crippen molar-refractivity contribution in [3.05, 3.63) is 0 Å². The number of aliphatic hydroxyl groups is 3. The van der Waals surface area contributed by atoms with Crippen molar-refractivity contribution < 1.29 is 31.4 Å². The SMILES string of the molecule is C[C@@H]1[C@@H](O)[C@H](O)[C@@H](C(=O)O)O[C@H]1O.[HH]. The summed E-state index contributed by atoms with van der Waals surface area (Å²) < 4.78 is 4.59. The number of aliphatic hydroxyl groups excluding tert-OH is 3. The second kappa shape index (κ2) is 3.59. The lowest BCUT2D eigenvalue weighted by atomic mass is 9.92. The lowest BCUT2D eigenvalue weighted by molar-refractivity contribution is -0.260. The standard InChI is InChI=1S/C7H12O6.H2/c1-2-3(8)4(9)5(6(10)11)13-7(2)12;/h2-5,7-9,12H,1H3,(H,10,11);1H/t2-,3-,4+,5+,7-;/m1./s1. The molecule has 0 aromatic heterocycles. The maximum atomic E-state index is 10.5. The van der Waals surface area contributed by atoms with E-state index in [1.54, 1.807) is 0 Å². The number of carboxylic acids is 1. The van der Waals surface area contributed by atoms with Crippen LogP contribution in [0.25, 0.3) is 0 Å². The maximum absolute atomic E-state index is 10.5. The van der Waals surface area contributed by atoms with Crippen LogP contribution in [-0.2, 0) is 9.53 Å². The molecular formula is C7H14O6. The van der Waals surface area contributed by atoms with E-state index in [9.17, 15) is 15.0 Å². The summed E-state index contributed by atoms with van der Waals surface area (Å²) >= 11 is 0. The Kier molecular flexibility index (Phi) is 2.87. The Hall–Kier alpha value is -0.690. The molecule has 1 aliphatic rings. The predicted molar refractivity (Wildman–Crippen MR) is 41.8 cm³/mol. The summed E-state index contributed by atoms with van der Waals surface area (Å²) in [6.07, 6.45) is -5.72. The second-order valence-corrected chi connectivity index (χ2v) is 3.13. The van der Waals surface area contributed by atoms with Crippen LogP contribution in [0.15, 0.2) is 0 Å². The number of rotatable bonds is 1. The highest BCUT2D eigenvalue weighted by Crippen LogP contribution is 2.24. The molecule has 6 heteroatoms. The number of ether oxygens (including phenoxy) is 1. The minimum absolute atomic E-state index is 0. The first-order valence-corrected chi connectivity index (χ1v) is 3.87. The highest BCUT2D eigenvalue weighted by molar-refractivity contribution is 5.73. The molecule has 4 N–H and O–H groups in total. The van der Waals surface area contributed by atoms with Crippen LogP contribution in [0.3, 0.4) is 0 Å². The van der Waals surface area contributed by atoms with E-state index >= 15 is 0 Å². The van der Waals surface area contributed by atoms with Crippen LogP contribution >= 0.6 is 0 Å². The van der Waals surface area contributed by atoms with Crippen LogP contribution in [-0.4, -0.2) is 51.0 Å². The number of aliphatic carboxylic acids is 1. The van der Waals surface area contributed by atoms with Gasteiger partial charge in [0, 0.05) is 7.34 Å². The van der Waals surface area contributed by atoms with Crippen LogP contribution in [0.1, 0.15) is 8.35 Å². The van der Waals surface area contributed by atoms with E-state index in [1.807, 2.05) is 0 Å². The fraction of sp³-hybridized carbons (Fsp3) is 0.857. The fourth-order valence-electron chi connectivity index (χ4n) is 1.22. The normalized spacial score (nSPS) is 46.0. The second-order valence-electron chi connectivity index (χ2n) is 3.13. The summed E-state index contributed by atoms with van der Waals surface area (Å²) in [4.78, 5) is 10.5. The molecule has 0 radical (unpaired) electrons. The zero-order valence-electron chi connectivity index (χ0n) is 6.99.